The average molecular weight is 1250 g/mol. The number of methoxy groups -OCH3 is 1. The molecule has 0 spiro atoms. The van der Waals surface area contributed by atoms with Gasteiger partial charge in [0.2, 0.25) is 35.4 Å². The molecule has 4 aromatic rings. The van der Waals surface area contributed by atoms with E-state index in [2.05, 4.69) is 53.9 Å². The lowest BCUT2D eigenvalue weighted by atomic mass is 9.86. The minimum atomic E-state index is -5.90. The molecule has 88 heavy (non-hydrogen) atoms. The Morgan fingerprint density at radius 2 is 1.60 bits per heavy atom. The predicted molar refractivity (Wildman–Crippen MR) is 320 cm³/mol. The van der Waals surface area contributed by atoms with Crippen LogP contribution in [-0.2, 0) is 62.1 Å². The number of carbonyl (C=O) groups excluding carboxylic acids is 9. The fourth-order valence-electron chi connectivity index (χ4n) is 12.3. The molecule has 22 nitrogen and oxygen atoms in total. The Hall–Kier alpha value is -7.62. The Morgan fingerprint density at radius 3 is 2.28 bits per heavy atom. The number of thiophene rings is 1. The van der Waals surface area contributed by atoms with E-state index < -0.39 is 90.7 Å². The molecule has 0 aliphatic carbocycles. The molecule has 5 aliphatic heterocycles. The summed E-state index contributed by atoms with van der Waals surface area (Å²) >= 11 is 0.867. The number of hydrogen-bond acceptors (Lipinski definition) is 13. The number of alkyl halides is 2. The van der Waals surface area contributed by atoms with Gasteiger partial charge in [-0.05, 0) is 128 Å². The van der Waals surface area contributed by atoms with Gasteiger partial charge in [0, 0.05) is 72.9 Å². The van der Waals surface area contributed by atoms with Crippen molar-refractivity contribution < 1.29 is 71.0 Å². The number of ether oxygens (including phenoxy) is 1. The van der Waals surface area contributed by atoms with Gasteiger partial charge in [-0.1, -0.05) is 69.0 Å². The summed E-state index contributed by atoms with van der Waals surface area (Å²) in [6, 6.07) is 11.1. The summed E-state index contributed by atoms with van der Waals surface area (Å²) in [5.74, 6) is 2.51. The van der Waals surface area contributed by atoms with Crippen LogP contribution in [0.5, 0.6) is 0 Å². The highest BCUT2D eigenvalue weighted by Gasteiger charge is 2.51. The van der Waals surface area contributed by atoms with E-state index in [0.717, 1.165) is 53.7 Å². The molecule has 1 aromatic heterocycles. The number of hydrogen-bond donors (Lipinski definition) is 7. The second kappa shape index (κ2) is 27.0. The minimum absolute atomic E-state index is 0.0501. The highest BCUT2D eigenvalue weighted by Crippen LogP contribution is 2.59. The third-order valence-electron chi connectivity index (χ3n) is 17.3. The van der Waals surface area contributed by atoms with E-state index in [9.17, 15) is 66.3 Å². The minimum Gasteiger partial charge on any atom is -0.453 e. The molecular weight excluding hydrogens is 1180 g/mol. The van der Waals surface area contributed by atoms with Gasteiger partial charge in [-0.2, -0.15) is 8.78 Å². The molecule has 9 rings (SSSR count). The SMILES string of the molecule is COC(=O)N1CC[C@H]2CC[C@@H](C(=O)NC(CCCN)C(=O)NC(Cc3ccc(C(C)(C)C)cc3)C(=O)N3CCC(CCC#Cc4cccc5c4CN(C4CCC(=O)NC4=O)C5=O)CC3)N2C(=O)[C@@H](NC(=O)c2cc3cc(C(F)(F)P(=O)(O)O)ccc3s2)C1. The largest absolute Gasteiger partial charge is 0.453 e. The zero-order chi connectivity index (χ0) is 63.4. The van der Waals surface area contributed by atoms with Crippen molar-refractivity contribution in [1.29, 1.82) is 0 Å². The third kappa shape index (κ3) is 14.4. The molecule has 26 heteroatoms. The van der Waals surface area contributed by atoms with Crippen LogP contribution in [0.4, 0.5) is 13.6 Å². The van der Waals surface area contributed by atoms with Gasteiger partial charge in [0.15, 0.2) is 0 Å². The predicted octanol–water partition coefficient (Wildman–Crippen LogP) is 5.14. The van der Waals surface area contributed by atoms with Crippen molar-refractivity contribution >= 4 is 82.4 Å². The normalized spacial score (nSPS) is 20.9. The number of fused-ring (bicyclic) bond motifs is 3. The Bertz CT molecular complexity index is 3500. The van der Waals surface area contributed by atoms with E-state index in [0.29, 0.717) is 61.0 Å². The lowest BCUT2D eigenvalue weighted by Crippen LogP contribution is -2.62. The number of amides is 9. The van der Waals surface area contributed by atoms with E-state index in [1.54, 1.807) is 17.0 Å². The fraction of sp³-hybridized carbons (Fsp3) is 0.500. The molecule has 0 saturated carbocycles. The second-order valence-corrected chi connectivity index (χ2v) is 27.0. The van der Waals surface area contributed by atoms with Crippen molar-refractivity contribution in [3.05, 3.63) is 105 Å². The average Bonchev–Trinajstić information content (AvgIpc) is 3.82. The molecule has 5 aliphatic rings. The summed E-state index contributed by atoms with van der Waals surface area (Å²) in [6.07, 6.45) is 3.55. The summed E-state index contributed by atoms with van der Waals surface area (Å²) in [7, 11) is -4.74. The first-order valence-electron chi connectivity index (χ1n) is 29.6. The molecule has 8 N–H and O–H groups in total. The van der Waals surface area contributed by atoms with Crippen LogP contribution in [0.2, 0.25) is 0 Å². The summed E-state index contributed by atoms with van der Waals surface area (Å²) in [5, 5.41) is 10.9. The van der Waals surface area contributed by atoms with Crippen LogP contribution in [-0.4, -0.2) is 159 Å². The van der Waals surface area contributed by atoms with Gasteiger partial charge < -0.3 is 55.8 Å². The van der Waals surface area contributed by atoms with Crippen LogP contribution in [0, 0.1) is 17.8 Å². The number of rotatable bonds is 17. The molecular formula is C62H74F2N9O13PS. The second-order valence-electron chi connectivity index (χ2n) is 24.2. The topological polar surface area (TPSA) is 307 Å². The standard InChI is InChI=1S/C62H74F2N9O13PS/c1-61(2,3)40-16-14-37(15-17-40)31-46(58(80)70-28-24-36(25-29-70)9-5-6-10-38-11-7-12-43-44(38)34-72(57(43)79)48-21-23-52(74)69-54(48)76)67-53(75)45(13-8-27-65)66-55(77)49-20-19-42-26-30-71(60(82)86-4)35-47(59(81)73(42)49)68-56(78)51-33-39-32-41(18-22-50(39)88-51)62(63,64)87(83,84)85/h7,11-12,14-18,22,32-33,36,42,45-49H,5,8-9,13,19-21,23-31,34-35,65H2,1-4H3,(H,66,77)(H,67,75)(H,68,78)(H,69,74,76)(H2,83,84,85)/t42-,45?,46?,47+,48?,49+/m1/s1. The number of halogens is 2. The van der Waals surface area contributed by atoms with Gasteiger partial charge in [0.25, 0.3) is 11.8 Å². The van der Waals surface area contributed by atoms with Gasteiger partial charge in [-0.15, -0.1) is 11.3 Å². The zero-order valence-electron chi connectivity index (χ0n) is 49.5. The number of nitrogens with zero attached hydrogens (tertiary/aromatic N) is 4. The first kappa shape index (κ1) is 64.8. The van der Waals surface area contributed by atoms with E-state index >= 15 is 0 Å². The van der Waals surface area contributed by atoms with Gasteiger partial charge in [0.05, 0.1) is 18.5 Å². The molecule has 4 saturated heterocycles. The molecule has 9 amide bonds. The van der Waals surface area contributed by atoms with E-state index in [4.69, 9.17) is 10.5 Å². The first-order valence-corrected chi connectivity index (χ1v) is 32.1. The Morgan fingerprint density at radius 1 is 0.886 bits per heavy atom. The molecule has 3 unspecified atom stereocenters. The van der Waals surface area contributed by atoms with Crippen LogP contribution in [0.1, 0.15) is 139 Å². The van der Waals surface area contributed by atoms with Gasteiger partial charge in [-0.25, -0.2) is 4.79 Å². The summed E-state index contributed by atoms with van der Waals surface area (Å²) in [6.45, 7) is 7.19. The van der Waals surface area contributed by atoms with Gasteiger partial charge >= 0.3 is 19.4 Å². The Balaban J connectivity index is 0.868. The maximum absolute atomic E-state index is 14.8. The van der Waals surface area contributed by atoms with Crippen molar-refractivity contribution in [1.82, 2.24) is 40.9 Å². The summed E-state index contributed by atoms with van der Waals surface area (Å²) < 4.78 is 46.3. The molecule has 0 radical (unpaired) electrons. The Kier molecular flexibility index (Phi) is 19.9. The molecule has 4 fully saturated rings. The number of benzene rings is 3. The van der Waals surface area contributed by atoms with Gasteiger partial charge in [-0.3, -0.25) is 48.2 Å². The third-order valence-corrected chi connectivity index (χ3v) is 19.4. The summed E-state index contributed by atoms with van der Waals surface area (Å²) in [4.78, 5) is 148. The van der Waals surface area contributed by atoms with Crippen LogP contribution in [0.15, 0.2) is 66.7 Å². The van der Waals surface area contributed by atoms with E-state index in [-0.39, 0.29) is 104 Å². The van der Waals surface area contributed by atoms with Crippen molar-refractivity contribution in [3.63, 3.8) is 0 Å². The van der Waals surface area contributed by atoms with Crippen LogP contribution in [0.3, 0.4) is 0 Å². The van der Waals surface area contributed by atoms with Crippen molar-refractivity contribution in [3.8, 4) is 11.8 Å². The van der Waals surface area contributed by atoms with Crippen molar-refractivity contribution in [2.75, 3.05) is 39.8 Å². The number of piperidine rings is 2. The number of likely N-dealkylation sites (tertiary alicyclic amines) is 1. The number of carbonyl (C=O) groups is 9. The van der Waals surface area contributed by atoms with Crippen LogP contribution >= 0.6 is 18.9 Å². The van der Waals surface area contributed by atoms with E-state index in [1.165, 1.54) is 26.8 Å². The number of imide groups is 1. The van der Waals surface area contributed by atoms with Crippen molar-refractivity contribution in [2.45, 2.75) is 152 Å². The van der Waals surface area contributed by atoms with Crippen molar-refractivity contribution in [2.24, 2.45) is 11.7 Å². The number of nitrogens with two attached hydrogens (primary N) is 1. The monoisotopic (exact) mass is 1250 g/mol. The lowest BCUT2D eigenvalue weighted by Gasteiger charge is -2.38. The Labute approximate surface area is 512 Å². The van der Waals surface area contributed by atoms with Crippen LogP contribution < -0.4 is 27.0 Å². The molecule has 470 valence electrons. The maximum Gasteiger partial charge on any atom is 0.409 e. The molecule has 6 atom stereocenters. The molecule has 3 aromatic carbocycles. The van der Waals surface area contributed by atoms with Gasteiger partial charge in [0.1, 0.15) is 30.2 Å². The lowest BCUT2D eigenvalue weighted by molar-refractivity contribution is -0.144. The van der Waals surface area contributed by atoms with E-state index in [1.807, 2.05) is 30.3 Å². The first-order chi connectivity index (χ1) is 41.8. The highest BCUT2D eigenvalue weighted by molar-refractivity contribution is 7.52. The van der Waals surface area contributed by atoms with Crippen LogP contribution in [0.25, 0.3) is 10.1 Å². The zero-order valence-corrected chi connectivity index (χ0v) is 51.2. The smallest absolute Gasteiger partial charge is 0.409 e. The highest BCUT2D eigenvalue weighted by atomic mass is 32.1. The summed E-state index contributed by atoms with van der Waals surface area (Å²) in [5.41, 5.74) is 4.15. The molecule has 6 heterocycles. The number of nitrogens with one attached hydrogen (secondary N) is 4. The fourth-order valence-corrected chi connectivity index (χ4v) is 13.7. The quantitative estimate of drug-likeness (QED) is 0.0409. The maximum atomic E-state index is 14.8. The molecule has 0 bridgehead atoms.